The summed E-state index contributed by atoms with van der Waals surface area (Å²) < 4.78 is 33.8. The first kappa shape index (κ1) is 28.6. The summed E-state index contributed by atoms with van der Waals surface area (Å²) in [5.74, 6) is 0.445. The van der Waals surface area contributed by atoms with Crippen LogP contribution in [0.3, 0.4) is 0 Å². The van der Waals surface area contributed by atoms with Gasteiger partial charge in [0.05, 0.1) is 4.90 Å². The van der Waals surface area contributed by atoms with E-state index in [1.54, 1.807) is 31.3 Å². The fourth-order valence-corrected chi connectivity index (χ4v) is 7.23. The van der Waals surface area contributed by atoms with Gasteiger partial charge in [-0.25, -0.2) is 17.5 Å². The lowest BCUT2D eigenvalue weighted by molar-refractivity contribution is 0.0140. The second kappa shape index (κ2) is 11.4. The van der Waals surface area contributed by atoms with Crippen LogP contribution in [0.15, 0.2) is 65.6 Å². The zero-order valence-corrected chi connectivity index (χ0v) is 24.3. The van der Waals surface area contributed by atoms with Gasteiger partial charge in [-0.2, -0.15) is 0 Å². The predicted octanol–water partition coefficient (Wildman–Crippen LogP) is 4.99. The molecule has 0 radical (unpaired) electrons. The number of fused-ring (bicyclic) bond motifs is 1. The summed E-state index contributed by atoms with van der Waals surface area (Å²) in [5.41, 5.74) is 0.299. The van der Waals surface area contributed by atoms with Crippen LogP contribution >= 0.6 is 0 Å². The van der Waals surface area contributed by atoms with E-state index in [0.717, 1.165) is 51.0 Å². The van der Waals surface area contributed by atoms with Crippen molar-refractivity contribution in [1.82, 2.24) is 14.1 Å². The molecule has 0 saturated carbocycles. The molecule has 7 nitrogen and oxygen atoms in total. The van der Waals surface area contributed by atoms with Crippen molar-refractivity contribution in [3.05, 3.63) is 66.2 Å². The lowest BCUT2D eigenvalue weighted by atomic mass is 9.79. The Labute approximate surface area is 228 Å². The van der Waals surface area contributed by atoms with Crippen molar-refractivity contribution in [3.63, 3.8) is 0 Å². The summed E-state index contributed by atoms with van der Waals surface area (Å²) in [4.78, 5) is 17.5. The number of likely N-dealkylation sites (tertiary alicyclic amines) is 2. The molecule has 4 rings (SSSR count). The molecule has 2 aromatic carbocycles. The molecule has 2 aliphatic rings. The molecular weight excluding hydrogens is 498 g/mol. The average molecular weight is 542 g/mol. The van der Waals surface area contributed by atoms with Gasteiger partial charge in [0.1, 0.15) is 5.60 Å². The van der Waals surface area contributed by atoms with Crippen LogP contribution in [0.4, 0.5) is 4.79 Å². The SMILES string of the molecule is CN(CC(C)(CCN1CC[C@H]2[C@H](CCN2C(=O)OC(C)(C)C)C1)c1ccccc1)S(=O)(=O)c1ccccc1. The molecule has 208 valence electrons. The maximum absolute atomic E-state index is 13.3. The van der Waals surface area contributed by atoms with Crippen LogP contribution in [0.25, 0.3) is 0 Å². The maximum Gasteiger partial charge on any atom is 0.410 e. The van der Waals surface area contributed by atoms with Gasteiger partial charge in [0.15, 0.2) is 0 Å². The summed E-state index contributed by atoms with van der Waals surface area (Å²) in [5, 5.41) is 0. The molecular formula is C30H43N3O4S. The van der Waals surface area contributed by atoms with E-state index < -0.39 is 15.6 Å². The number of rotatable bonds is 8. The molecule has 1 amide bonds. The van der Waals surface area contributed by atoms with Gasteiger partial charge in [-0.3, -0.25) is 0 Å². The number of sulfonamides is 1. The number of hydrogen-bond donors (Lipinski definition) is 0. The van der Waals surface area contributed by atoms with Gasteiger partial charge in [-0.1, -0.05) is 55.5 Å². The molecule has 1 unspecified atom stereocenters. The minimum atomic E-state index is -3.59. The first-order valence-corrected chi connectivity index (χ1v) is 15.1. The molecule has 2 fully saturated rings. The molecule has 0 aliphatic carbocycles. The Morgan fingerprint density at radius 3 is 2.24 bits per heavy atom. The number of hydrogen-bond acceptors (Lipinski definition) is 5. The van der Waals surface area contributed by atoms with Gasteiger partial charge in [0.25, 0.3) is 0 Å². The number of carbonyl (C=O) groups is 1. The molecule has 0 bridgehead atoms. The van der Waals surface area contributed by atoms with Crippen LogP contribution in [-0.2, 0) is 20.2 Å². The molecule has 2 saturated heterocycles. The van der Waals surface area contributed by atoms with Gasteiger partial charge in [-0.05, 0) is 70.2 Å². The zero-order chi connectivity index (χ0) is 27.6. The van der Waals surface area contributed by atoms with Crippen molar-refractivity contribution in [3.8, 4) is 0 Å². The largest absolute Gasteiger partial charge is 0.444 e. The number of benzene rings is 2. The molecule has 8 heteroatoms. The number of nitrogens with zero attached hydrogens (tertiary/aromatic N) is 3. The van der Waals surface area contributed by atoms with Gasteiger partial charge in [-0.15, -0.1) is 0 Å². The zero-order valence-electron chi connectivity index (χ0n) is 23.5. The standard InChI is InChI=1S/C30H43N3O4S/c1-29(2,3)37-28(34)33-20-16-24-22-32(19-17-27(24)33)21-18-30(4,25-12-8-6-9-13-25)23-31(5)38(35,36)26-14-10-7-11-15-26/h6-15,24,27H,16-23H2,1-5H3/t24-,27+,30?/m1/s1. The second-order valence-electron chi connectivity index (χ2n) is 12.1. The summed E-state index contributed by atoms with van der Waals surface area (Å²) in [6, 6.07) is 19.1. The van der Waals surface area contributed by atoms with E-state index in [4.69, 9.17) is 4.74 Å². The highest BCUT2D eigenvalue weighted by molar-refractivity contribution is 7.89. The van der Waals surface area contributed by atoms with E-state index in [2.05, 4.69) is 24.0 Å². The Morgan fingerprint density at radius 1 is 0.974 bits per heavy atom. The first-order valence-electron chi connectivity index (χ1n) is 13.7. The Hall–Kier alpha value is -2.42. The highest BCUT2D eigenvalue weighted by Crippen LogP contribution is 2.35. The predicted molar refractivity (Wildman–Crippen MR) is 151 cm³/mol. The Kier molecular flexibility index (Phi) is 8.55. The van der Waals surface area contributed by atoms with E-state index in [1.807, 2.05) is 49.9 Å². The van der Waals surface area contributed by atoms with Crippen LogP contribution in [0.5, 0.6) is 0 Å². The Bertz CT molecular complexity index is 1180. The summed E-state index contributed by atoms with van der Waals surface area (Å²) in [6.45, 7) is 11.8. The number of likely N-dealkylation sites (N-methyl/N-ethyl adjacent to an activating group) is 1. The van der Waals surface area contributed by atoms with Crippen molar-refractivity contribution in [2.75, 3.05) is 39.8 Å². The normalized spacial score (nSPS) is 22.2. The second-order valence-corrected chi connectivity index (χ2v) is 14.2. The fraction of sp³-hybridized carbons (Fsp3) is 0.567. The minimum Gasteiger partial charge on any atom is -0.444 e. The monoisotopic (exact) mass is 541 g/mol. The van der Waals surface area contributed by atoms with E-state index in [9.17, 15) is 13.2 Å². The van der Waals surface area contributed by atoms with Crippen molar-refractivity contribution in [2.24, 2.45) is 5.92 Å². The third kappa shape index (κ3) is 6.58. The number of piperidine rings is 1. The van der Waals surface area contributed by atoms with Gasteiger partial charge < -0.3 is 14.5 Å². The summed E-state index contributed by atoms with van der Waals surface area (Å²) in [6.07, 6.45) is 2.57. The van der Waals surface area contributed by atoms with Gasteiger partial charge in [0, 0.05) is 44.7 Å². The van der Waals surface area contributed by atoms with Crippen LogP contribution < -0.4 is 0 Å². The highest BCUT2D eigenvalue weighted by Gasteiger charge is 2.42. The van der Waals surface area contributed by atoms with E-state index in [0.29, 0.717) is 17.4 Å². The van der Waals surface area contributed by atoms with Crippen molar-refractivity contribution < 1.29 is 17.9 Å². The smallest absolute Gasteiger partial charge is 0.410 e. The number of ether oxygens (including phenoxy) is 1. The summed E-state index contributed by atoms with van der Waals surface area (Å²) in [7, 11) is -1.91. The third-order valence-corrected chi connectivity index (χ3v) is 9.84. The lowest BCUT2D eigenvalue weighted by Gasteiger charge is -2.40. The van der Waals surface area contributed by atoms with Crippen LogP contribution in [0.2, 0.25) is 0 Å². The first-order chi connectivity index (χ1) is 17.9. The van der Waals surface area contributed by atoms with E-state index >= 15 is 0 Å². The Balaban J connectivity index is 1.43. The number of carbonyl (C=O) groups excluding carboxylic acids is 1. The van der Waals surface area contributed by atoms with E-state index in [-0.39, 0.29) is 17.6 Å². The average Bonchev–Trinajstić information content (AvgIpc) is 3.31. The molecule has 0 aromatic heterocycles. The fourth-order valence-electron chi connectivity index (χ4n) is 5.92. The van der Waals surface area contributed by atoms with Crippen molar-refractivity contribution in [1.29, 1.82) is 0 Å². The lowest BCUT2D eigenvalue weighted by Crippen LogP contribution is -2.49. The van der Waals surface area contributed by atoms with Crippen LogP contribution in [-0.4, -0.2) is 80.0 Å². The highest BCUT2D eigenvalue weighted by atomic mass is 32.2. The van der Waals surface area contributed by atoms with Crippen molar-refractivity contribution >= 4 is 16.1 Å². The maximum atomic E-state index is 13.3. The van der Waals surface area contributed by atoms with Gasteiger partial charge >= 0.3 is 6.09 Å². The van der Waals surface area contributed by atoms with E-state index in [1.165, 1.54) is 4.31 Å². The molecule has 0 N–H and O–H groups in total. The molecule has 2 heterocycles. The van der Waals surface area contributed by atoms with Crippen LogP contribution in [0.1, 0.15) is 52.5 Å². The molecule has 2 aliphatic heterocycles. The number of amides is 1. The van der Waals surface area contributed by atoms with Gasteiger partial charge in [0.2, 0.25) is 10.0 Å². The summed E-state index contributed by atoms with van der Waals surface area (Å²) >= 11 is 0. The molecule has 38 heavy (non-hydrogen) atoms. The minimum absolute atomic E-state index is 0.197. The molecule has 3 atom stereocenters. The molecule has 2 aromatic rings. The third-order valence-electron chi connectivity index (χ3n) is 8.02. The molecule has 0 spiro atoms. The quantitative estimate of drug-likeness (QED) is 0.471. The van der Waals surface area contributed by atoms with Crippen molar-refractivity contribution in [2.45, 2.75) is 68.9 Å². The topological polar surface area (TPSA) is 70.2 Å². The Morgan fingerprint density at radius 2 is 1.61 bits per heavy atom. The van der Waals surface area contributed by atoms with Crippen LogP contribution in [0, 0.1) is 5.92 Å².